The second-order valence-corrected chi connectivity index (χ2v) is 5.30. The third-order valence-electron chi connectivity index (χ3n) is 3.61. The molecule has 18 heavy (non-hydrogen) atoms. The average molecular weight is 247 g/mol. The first-order valence-electron chi connectivity index (χ1n) is 7.18. The molecule has 0 aliphatic carbocycles. The van der Waals surface area contributed by atoms with Gasteiger partial charge in [0.1, 0.15) is 5.82 Å². The number of pyridine rings is 1. The molecule has 1 aromatic rings. The molecule has 0 radical (unpaired) electrons. The van der Waals surface area contributed by atoms with E-state index in [0.717, 1.165) is 38.5 Å². The lowest BCUT2D eigenvalue weighted by molar-refractivity contribution is 0.658. The Labute approximate surface area is 111 Å². The molecule has 1 aromatic heterocycles. The molecule has 1 aliphatic rings. The maximum Gasteiger partial charge on any atom is 0.129 e. The van der Waals surface area contributed by atoms with Gasteiger partial charge in [0.15, 0.2) is 0 Å². The van der Waals surface area contributed by atoms with E-state index in [1.807, 2.05) is 0 Å². The van der Waals surface area contributed by atoms with Gasteiger partial charge in [-0.25, -0.2) is 4.98 Å². The molecule has 1 saturated heterocycles. The van der Waals surface area contributed by atoms with Crippen molar-refractivity contribution < 1.29 is 0 Å². The summed E-state index contributed by atoms with van der Waals surface area (Å²) in [5.74, 6) is 1.97. The van der Waals surface area contributed by atoms with E-state index >= 15 is 0 Å². The van der Waals surface area contributed by atoms with Crippen LogP contribution in [0.1, 0.15) is 38.4 Å². The van der Waals surface area contributed by atoms with E-state index in [9.17, 15) is 0 Å². The van der Waals surface area contributed by atoms with Crippen LogP contribution in [0.2, 0.25) is 0 Å². The van der Waals surface area contributed by atoms with Crippen molar-refractivity contribution in [3.05, 3.63) is 23.4 Å². The van der Waals surface area contributed by atoms with Crippen LogP contribution in [0.15, 0.2) is 12.1 Å². The largest absolute Gasteiger partial charge is 0.356 e. The summed E-state index contributed by atoms with van der Waals surface area (Å²) in [5, 5.41) is 3.40. The summed E-state index contributed by atoms with van der Waals surface area (Å²) in [5.41, 5.74) is 2.57. The van der Waals surface area contributed by atoms with E-state index in [1.54, 1.807) is 0 Å². The molecule has 3 heteroatoms. The molecule has 2 rings (SSSR count). The maximum atomic E-state index is 4.77. The Morgan fingerprint density at radius 2 is 2.22 bits per heavy atom. The predicted octanol–water partition coefficient (Wildman–Crippen LogP) is 2.60. The van der Waals surface area contributed by atoms with Gasteiger partial charge in [0.25, 0.3) is 0 Å². The highest BCUT2D eigenvalue weighted by molar-refractivity contribution is 5.44. The number of hydrogen-bond donors (Lipinski definition) is 1. The van der Waals surface area contributed by atoms with E-state index in [0.29, 0.717) is 0 Å². The number of hydrogen-bond acceptors (Lipinski definition) is 3. The van der Waals surface area contributed by atoms with Gasteiger partial charge < -0.3 is 10.2 Å². The van der Waals surface area contributed by atoms with Crippen LogP contribution in [0.25, 0.3) is 0 Å². The first-order valence-corrected chi connectivity index (χ1v) is 7.18. The third-order valence-corrected chi connectivity index (χ3v) is 3.61. The Balaban J connectivity index is 2.17. The number of nitrogens with one attached hydrogen (secondary N) is 1. The molecule has 100 valence electrons. The lowest BCUT2D eigenvalue weighted by atomic mass is 10.2. The number of aromatic nitrogens is 1. The molecule has 1 aliphatic heterocycles. The fourth-order valence-corrected chi connectivity index (χ4v) is 2.49. The van der Waals surface area contributed by atoms with Crippen LogP contribution < -0.4 is 10.2 Å². The van der Waals surface area contributed by atoms with Crippen LogP contribution in [-0.4, -0.2) is 24.6 Å². The van der Waals surface area contributed by atoms with Crippen molar-refractivity contribution in [2.45, 2.75) is 40.2 Å². The predicted molar refractivity (Wildman–Crippen MR) is 77.0 cm³/mol. The minimum Gasteiger partial charge on any atom is -0.356 e. The van der Waals surface area contributed by atoms with Gasteiger partial charge in [0.2, 0.25) is 0 Å². The second kappa shape index (κ2) is 6.19. The van der Waals surface area contributed by atoms with E-state index < -0.39 is 0 Å². The minimum absolute atomic E-state index is 0.800. The number of rotatable bonds is 5. The lowest BCUT2D eigenvalue weighted by Crippen LogP contribution is -2.21. The van der Waals surface area contributed by atoms with Gasteiger partial charge in [-0.15, -0.1) is 0 Å². The van der Waals surface area contributed by atoms with Gasteiger partial charge in [0.05, 0.1) is 0 Å². The van der Waals surface area contributed by atoms with Crippen LogP contribution in [-0.2, 0) is 13.0 Å². The van der Waals surface area contributed by atoms with Crippen LogP contribution in [0.4, 0.5) is 5.82 Å². The number of nitrogens with zero attached hydrogens (tertiary/aromatic N) is 2. The van der Waals surface area contributed by atoms with Crippen molar-refractivity contribution in [2.75, 3.05) is 24.5 Å². The van der Waals surface area contributed by atoms with E-state index in [2.05, 4.69) is 43.1 Å². The van der Waals surface area contributed by atoms with Gasteiger partial charge in [-0.3, -0.25) is 0 Å². The van der Waals surface area contributed by atoms with Crippen molar-refractivity contribution >= 4 is 5.82 Å². The van der Waals surface area contributed by atoms with Crippen molar-refractivity contribution in [3.8, 4) is 0 Å². The van der Waals surface area contributed by atoms with Crippen LogP contribution in [0.5, 0.6) is 0 Å². The summed E-state index contributed by atoms with van der Waals surface area (Å²) in [4.78, 5) is 7.20. The summed E-state index contributed by atoms with van der Waals surface area (Å²) in [6, 6.07) is 4.48. The Morgan fingerprint density at radius 3 is 2.83 bits per heavy atom. The fourth-order valence-electron chi connectivity index (χ4n) is 2.49. The highest BCUT2D eigenvalue weighted by atomic mass is 15.2. The third kappa shape index (κ3) is 3.22. The fraction of sp³-hybridized carbons (Fsp3) is 0.667. The second-order valence-electron chi connectivity index (χ2n) is 5.30. The Morgan fingerprint density at radius 1 is 1.39 bits per heavy atom. The van der Waals surface area contributed by atoms with Crippen molar-refractivity contribution in [3.63, 3.8) is 0 Å². The highest BCUT2D eigenvalue weighted by Gasteiger charge is 2.20. The Bertz CT molecular complexity index is 389. The molecule has 1 fully saturated rings. The quantitative estimate of drug-likeness (QED) is 0.867. The summed E-state index contributed by atoms with van der Waals surface area (Å²) in [6.07, 6.45) is 2.30. The van der Waals surface area contributed by atoms with E-state index in [4.69, 9.17) is 4.98 Å². The van der Waals surface area contributed by atoms with Crippen LogP contribution in [0.3, 0.4) is 0 Å². The SMILES string of the molecule is CCNCc1cc(CC)nc(N2CCC(C)C2)c1. The molecule has 2 heterocycles. The van der Waals surface area contributed by atoms with Crippen molar-refractivity contribution in [1.82, 2.24) is 10.3 Å². The maximum absolute atomic E-state index is 4.77. The van der Waals surface area contributed by atoms with Gasteiger partial charge >= 0.3 is 0 Å². The first kappa shape index (κ1) is 13.3. The summed E-state index contributed by atoms with van der Waals surface area (Å²) in [6.45, 7) is 10.9. The zero-order valence-corrected chi connectivity index (χ0v) is 11.9. The summed E-state index contributed by atoms with van der Waals surface area (Å²) < 4.78 is 0. The smallest absolute Gasteiger partial charge is 0.129 e. The van der Waals surface area contributed by atoms with Crippen molar-refractivity contribution in [1.29, 1.82) is 0 Å². The standard InChI is InChI=1S/C15H25N3/c1-4-14-8-13(10-16-5-2)9-15(17-14)18-7-6-12(3)11-18/h8-9,12,16H,4-7,10-11H2,1-3H3. The molecule has 0 spiro atoms. The zero-order chi connectivity index (χ0) is 13.0. The monoisotopic (exact) mass is 247 g/mol. The molecule has 0 saturated carbocycles. The zero-order valence-electron chi connectivity index (χ0n) is 11.9. The molecule has 0 bridgehead atoms. The lowest BCUT2D eigenvalue weighted by Gasteiger charge is -2.19. The van der Waals surface area contributed by atoms with Gasteiger partial charge in [-0.1, -0.05) is 20.8 Å². The highest BCUT2D eigenvalue weighted by Crippen LogP contribution is 2.23. The van der Waals surface area contributed by atoms with Gasteiger partial charge in [-0.05, 0) is 43.0 Å². The molecule has 1 atom stereocenters. The molecule has 1 unspecified atom stereocenters. The van der Waals surface area contributed by atoms with Gasteiger partial charge in [-0.2, -0.15) is 0 Å². The Hall–Kier alpha value is -1.09. The van der Waals surface area contributed by atoms with E-state index in [1.165, 1.54) is 23.5 Å². The normalized spacial score (nSPS) is 19.5. The minimum atomic E-state index is 0.800. The molecular weight excluding hydrogens is 222 g/mol. The molecule has 0 amide bonds. The first-order chi connectivity index (χ1) is 8.72. The average Bonchev–Trinajstić information content (AvgIpc) is 2.82. The molecular formula is C15H25N3. The van der Waals surface area contributed by atoms with Crippen molar-refractivity contribution in [2.24, 2.45) is 5.92 Å². The summed E-state index contributed by atoms with van der Waals surface area (Å²) in [7, 11) is 0. The summed E-state index contributed by atoms with van der Waals surface area (Å²) >= 11 is 0. The van der Waals surface area contributed by atoms with Crippen LogP contribution in [0, 0.1) is 5.92 Å². The Kier molecular flexibility index (Phi) is 4.59. The molecule has 3 nitrogen and oxygen atoms in total. The molecule has 0 aromatic carbocycles. The number of anilines is 1. The van der Waals surface area contributed by atoms with E-state index in [-0.39, 0.29) is 0 Å². The van der Waals surface area contributed by atoms with Gasteiger partial charge in [0, 0.05) is 25.3 Å². The van der Waals surface area contributed by atoms with Crippen LogP contribution >= 0.6 is 0 Å². The molecule has 1 N–H and O–H groups in total. The topological polar surface area (TPSA) is 28.2 Å². The number of aryl methyl sites for hydroxylation is 1.